The molecule has 0 saturated heterocycles. The molecule has 0 aliphatic rings. The van der Waals surface area contributed by atoms with Crippen LogP contribution in [0, 0.1) is 11.3 Å². The van der Waals surface area contributed by atoms with Crippen molar-refractivity contribution in [2.24, 2.45) is 5.14 Å². The molecule has 3 N–H and O–H groups in total. The maximum absolute atomic E-state index is 12.6. The number of sulfonamides is 1. The van der Waals surface area contributed by atoms with Crippen LogP contribution >= 0.6 is 0 Å². The number of anilines is 1. The molecule has 0 bridgehead atoms. The van der Waals surface area contributed by atoms with E-state index in [1.165, 1.54) is 29.2 Å². The number of nitrogens with two attached hydrogens (primary N) is 1. The molecule has 3 aromatic rings. The van der Waals surface area contributed by atoms with Crippen LogP contribution in [0.4, 0.5) is 5.69 Å². The molecule has 1 amide bonds. The summed E-state index contributed by atoms with van der Waals surface area (Å²) in [5, 5.41) is 21.0. The van der Waals surface area contributed by atoms with Gasteiger partial charge in [-0.05, 0) is 35.2 Å². The van der Waals surface area contributed by atoms with Crippen molar-refractivity contribution in [1.29, 1.82) is 5.26 Å². The standard InChI is InChI=1S/C21H21N5O3S/c1-14(2)18-6-4-3-5-16(18)9-21(27)25-17-7-8-19(20(10-17)30(23,28)29)26-13-15(11-22)12-24-26/h3-8,10,12-14H,9H2,1-2H3,(H,25,27)(H2,23,28,29). The van der Waals surface area contributed by atoms with Crippen LogP contribution in [-0.4, -0.2) is 24.1 Å². The summed E-state index contributed by atoms with van der Waals surface area (Å²) < 4.78 is 25.5. The van der Waals surface area contributed by atoms with Gasteiger partial charge in [-0.15, -0.1) is 0 Å². The molecule has 0 aliphatic carbocycles. The van der Waals surface area contributed by atoms with E-state index >= 15 is 0 Å². The molecular formula is C21H21N5O3S. The lowest BCUT2D eigenvalue weighted by molar-refractivity contribution is -0.115. The van der Waals surface area contributed by atoms with Gasteiger partial charge in [0.25, 0.3) is 0 Å². The SMILES string of the molecule is CC(C)c1ccccc1CC(=O)Nc1ccc(-n2cc(C#N)cn2)c(S(N)(=O)=O)c1. The van der Waals surface area contributed by atoms with Crippen LogP contribution in [0.2, 0.25) is 0 Å². The molecule has 1 aromatic heterocycles. The van der Waals surface area contributed by atoms with Crippen molar-refractivity contribution in [2.45, 2.75) is 31.1 Å². The summed E-state index contributed by atoms with van der Waals surface area (Å²) in [5.74, 6) is -0.00304. The highest BCUT2D eigenvalue weighted by atomic mass is 32.2. The molecule has 0 spiro atoms. The number of carbonyl (C=O) groups excluding carboxylic acids is 1. The lowest BCUT2D eigenvalue weighted by atomic mass is 9.95. The van der Waals surface area contributed by atoms with Gasteiger partial charge in [-0.1, -0.05) is 38.1 Å². The maximum Gasteiger partial charge on any atom is 0.240 e. The second-order valence-electron chi connectivity index (χ2n) is 7.09. The van der Waals surface area contributed by atoms with Crippen molar-refractivity contribution in [3.8, 4) is 11.8 Å². The zero-order valence-corrected chi connectivity index (χ0v) is 17.3. The van der Waals surface area contributed by atoms with Gasteiger partial charge in [0, 0.05) is 11.9 Å². The summed E-state index contributed by atoms with van der Waals surface area (Å²) in [7, 11) is -4.11. The Kier molecular flexibility index (Phi) is 6.01. The normalized spacial score (nSPS) is 11.3. The fourth-order valence-corrected chi connectivity index (χ4v) is 3.90. The molecule has 0 unspecified atom stereocenters. The van der Waals surface area contributed by atoms with Crippen molar-refractivity contribution in [3.63, 3.8) is 0 Å². The topological polar surface area (TPSA) is 131 Å². The predicted molar refractivity (Wildman–Crippen MR) is 113 cm³/mol. The fraction of sp³-hybridized carbons (Fsp3) is 0.190. The molecule has 0 saturated carbocycles. The average molecular weight is 423 g/mol. The van der Waals surface area contributed by atoms with E-state index in [1.54, 1.807) is 6.07 Å². The molecule has 0 fully saturated rings. The summed E-state index contributed by atoms with van der Waals surface area (Å²) in [4.78, 5) is 12.4. The van der Waals surface area contributed by atoms with Gasteiger partial charge in [-0.2, -0.15) is 10.4 Å². The molecule has 8 nitrogen and oxygen atoms in total. The Hall–Kier alpha value is -3.48. The first-order valence-corrected chi connectivity index (χ1v) is 10.7. The first kappa shape index (κ1) is 21.2. The van der Waals surface area contributed by atoms with Crippen LogP contribution < -0.4 is 10.5 Å². The third kappa shape index (κ3) is 4.74. The Balaban J connectivity index is 1.89. The largest absolute Gasteiger partial charge is 0.326 e. The molecule has 30 heavy (non-hydrogen) atoms. The summed E-state index contributed by atoms with van der Waals surface area (Å²) in [5.41, 5.74) is 2.75. The Morgan fingerprint density at radius 1 is 1.27 bits per heavy atom. The van der Waals surface area contributed by atoms with Crippen molar-refractivity contribution < 1.29 is 13.2 Å². The van der Waals surface area contributed by atoms with Gasteiger partial charge in [-0.3, -0.25) is 4.79 Å². The lowest BCUT2D eigenvalue weighted by Crippen LogP contribution is -2.18. The molecule has 154 valence electrons. The Bertz CT molecular complexity index is 1240. The van der Waals surface area contributed by atoms with E-state index in [2.05, 4.69) is 24.3 Å². The van der Waals surface area contributed by atoms with Crippen molar-refractivity contribution in [3.05, 3.63) is 71.5 Å². The molecule has 0 atom stereocenters. The van der Waals surface area contributed by atoms with Gasteiger partial charge in [0.05, 0.1) is 23.9 Å². The van der Waals surface area contributed by atoms with E-state index in [4.69, 9.17) is 10.4 Å². The number of hydrogen-bond acceptors (Lipinski definition) is 5. The van der Waals surface area contributed by atoms with E-state index in [0.717, 1.165) is 11.1 Å². The fourth-order valence-electron chi connectivity index (χ4n) is 3.16. The van der Waals surface area contributed by atoms with Crippen LogP contribution in [0.3, 0.4) is 0 Å². The van der Waals surface area contributed by atoms with E-state index in [0.29, 0.717) is 5.69 Å². The number of nitrogens with zero attached hydrogens (tertiary/aromatic N) is 3. The highest BCUT2D eigenvalue weighted by Crippen LogP contribution is 2.24. The third-order valence-corrected chi connectivity index (χ3v) is 5.48. The molecule has 1 heterocycles. The molecule has 3 rings (SSSR count). The van der Waals surface area contributed by atoms with Crippen molar-refractivity contribution in [1.82, 2.24) is 9.78 Å². The summed E-state index contributed by atoms with van der Waals surface area (Å²) in [6, 6.07) is 13.9. The second kappa shape index (κ2) is 8.49. The molecular weight excluding hydrogens is 402 g/mol. The second-order valence-corrected chi connectivity index (χ2v) is 8.62. The van der Waals surface area contributed by atoms with Gasteiger partial charge in [0.15, 0.2) is 0 Å². The van der Waals surface area contributed by atoms with Gasteiger partial charge in [0.2, 0.25) is 15.9 Å². The Morgan fingerprint density at radius 2 is 2.00 bits per heavy atom. The van der Waals surface area contributed by atoms with Gasteiger partial charge in [-0.25, -0.2) is 18.2 Å². The minimum Gasteiger partial charge on any atom is -0.326 e. The minimum absolute atomic E-state index is 0.158. The number of hydrogen-bond donors (Lipinski definition) is 2. The Labute approximate surface area is 175 Å². The van der Waals surface area contributed by atoms with E-state index in [1.807, 2.05) is 30.3 Å². The van der Waals surface area contributed by atoms with Crippen LogP contribution in [0.1, 0.15) is 36.5 Å². The number of aromatic nitrogens is 2. The zero-order chi connectivity index (χ0) is 21.9. The van der Waals surface area contributed by atoms with E-state index in [9.17, 15) is 13.2 Å². The Morgan fingerprint density at radius 3 is 2.63 bits per heavy atom. The van der Waals surface area contributed by atoms with Crippen LogP contribution in [0.5, 0.6) is 0 Å². The third-order valence-electron chi connectivity index (χ3n) is 4.54. The van der Waals surface area contributed by atoms with Gasteiger partial charge in [0.1, 0.15) is 11.0 Å². The molecule has 0 aliphatic heterocycles. The van der Waals surface area contributed by atoms with Crippen LogP contribution in [0.25, 0.3) is 5.69 Å². The van der Waals surface area contributed by atoms with Crippen molar-refractivity contribution >= 4 is 21.6 Å². The van der Waals surface area contributed by atoms with Gasteiger partial charge >= 0.3 is 0 Å². The summed E-state index contributed by atoms with van der Waals surface area (Å²) >= 11 is 0. The highest BCUT2D eigenvalue weighted by molar-refractivity contribution is 7.89. The number of benzene rings is 2. The first-order chi connectivity index (χ1) is 14.2. The molecule has 9 heteroatoms. The zero-order valence-electron chi connectivity index (χ0n) is 16.5. The number of nitriles is 1. The highest BCUT2D eigenvalue weighted by Gasteiger charge is 2.18. The van der Waals surface area contributed by atoms with E-state index < -0.39 is 10.0 Å². The predicted octanol–water partition coefficient (Wildman–Crippen LogP) is 2.70. The van der Waals surface area contributed by atoms with Gasteiger partial charge < -0.3 is 5.32 Å². The molecule has 0 radical (unpaired) electrons. The number of rotatable bonds is 6. The molecule has 2 aromatic carbocycles. The summed E-state index contributed by atoms with van der Waals surface area (Å²) in [6.45, 7) is 4.11. The number of carbonyl (C=O) groups is 1. The number of primary sulfonamides is 1. The van der Waals surface area contributed by atoms with Crippen LogP contribution in [0.15, 0.2) is 59.8 Å². The average Bonchev–Trinajstić information content (AvgIpc) is 3.16. The number of nitrogens with one attached hydrogen (secondary N) is 1. The lowest BCUT2D eigenvalue weighted by Gasteiger charge is -2.14. The number of amides is 1. The minimum atomic E-state index is -4.11. The van der Waals surface area contributed by atoms with E-state index in [-0.39, 0.29) is 34.4 Å². The quantitative estimate of drug-likeness (QED) is 0.629. The van der Waals surface area contributed by atoms with Crippen molar-refractivity contribution in [2.75, 3.05) is 5.32 Å². The monoisotopic (exact) mass is 423 g/mol. The maximum atomic E-state index is 12.6. The summed E-state index contributed by atoms with van der Waals surface area (Å²) in [6.07, 6.45) is 2.87. The first-order valence-electron chi connectivity index (χ1n) is 9.18. The smallest absolute Gasteiger partial charge is 0.240 e. The van der Waals surface area contributed by atoms with Crippen LogP contribution in [-0.2, 0) is 21.2 Å².